The van der Waals surface area contributed by atoms with Crippen molar-refractivity contribution in [3.05, 3.63) is 47.9 Å². The fourth-order valence-electron chi connectivity index (χ4n) is 3.36. The van der Waals surface area contributed by atoms with Gasteiger partial charge < -0.3 is 10.2 Å². The van der Waals surface area contributed by atoms with E-state index in [4.69, 9.17) is 0 Å². The van der Waals surface area contributed by atoms with E-state index < -0.39 is 11.6 Å². The molecule has 0 unspecified atom stereocenters. The number of hydrogen-bond acceptors (Lipinski definition) is 5. The van der Waals surface area contributed by atoms with Gasteiger partial charge in [-0.25, -0.2) is 13.8 Å². The molecule has 0 bridgehead atoms. The number of aryl methyl sites for hydroxylation is 1. The van der Waals surface area contributed by atoms with Gasteiger partial charge in [-0.1, -0.05) is 0 Å². The minimum absolute atomic E-state index is 0.0167. The Kier molecular flexibility index (Phi) is 4.43. The molecule has 1 amide bonds. The lowest BCUT2D eigenvalue weighted by atomic mass is 9.97. The zero-order chi connectivity index (χ0) is 19.0. The van der Waals surface area contributed by atoms with Crippen LogP contribution in [0.4, 0.5) is 20.3 Å². The molecule has 0 aliphatic carbocycles. The third-order valence-corrected chi connectivity index (χ3v) is 4.67. The first-order chi connectivity index (χ1) is 13.0. The van der Waals surface area contributed by atoms with Crippen molar-refractivity contribution in [2.24, 2.45) is 5.92 Å². The zero-order valence-corrected chi connectivity index (χ0v) is 14.7. The summed E-state index contributed by atoms with van der Waals surface area (Å²) in [5.74, 6) is -0.754. The monoisotopic (exact) mass is 372 g/mol. The summed E-state index contributed by atoms with van der Waals surface area (Å²) in [5.41, 5.74) is 0.794. The predicted octanol–water partition coefficient (Wildman–Crippen LogP) is 2.57. The van der Waals surface area contributed by atoms with Crippen LogP contribution in [0.1, 0.15) is 18.5 Å². The molecule has 9 heteroatoms. The van der Waals surface area contributed by atoms with Crippen molar-refractivity contribution in [1.82, 2.24) is 19.6 Å². The number of rotatable bonds is 3. The van der Waals surface area contributed by atoms with Crippen LogP contribution in [-0.2, 0) is 4.79 Å². The maximum absolute atomic E-state index is 13.8. The van der Waals surface area contributed by atoms with Crippen LogP contribution in [0.25, 0.3) is 5.78 Å². The third kappa shape index (κ3) is 3.44. The van der Waals surface area contributed by atoms with Gasteiger partial charge in [-0.2, -0.15) is 14.6 Å². The van der Waals surface area contributed by atoms with Crippen LogP contribution in [-0.4, -0.2) is 38.6 Å². The molecule has 27 heavy (non-hydrogen) atoms. The van der Waals surface area contributed by atoms with Gasteiger partial charge in [-0.15, -0.1) is 0 Å². The van der Waals surface area contributed by atoms with Crippen LogP contribution in [0.2, 0.25) is 0 Å². The minimum atomic E-state index is -0.787. The molecule has 0 radical (unpaired) electrons. The normalized spacial score (nSPS) is 17.3. The lowest BCUT2D eigenvalue weighted by Gasteiger charge is -2.33. The van der Waals surface area contributed by atoms with Crippen LogP contribution < -0.4 is 10.2 Å². The lowest BCUT2D eigenvalue weighted by molar-refractivity contribution is -0.120. The number of halogens is 2. The summed E-state index contributed by atoms with van der Waals surface area (Å²) >= 11 is 0. The zero-order valence-electron chi connectivity index (χ0n) is 14.7. The number of aromatic nitrogens is 4. The third-order valence-electron chi connectivity index (χ3n) is 4.67. The number of carbonyl (C=O) groups excluding carboxylic acids is 1. The number of fused-ring (bicyclic) bond motifs is 1. The van der Waals surface area contributed by atoms with E-state index in [2.05, 4.69) is 25.3 Å². The molecule has 1 N–H and O–H groups in total. The molecule has 3 aromatic rings. The molecule has 2 aromatic heterocycles. The molecular formula is C18H18F2N6O. The fourth-order valence-corrected chi connectivity index (χ4v) is 3.36. The molecule has 0 saturated carbocycles. The van der Waals surface area contributed by atoms with E-state index in [-0.39, 0.29) is 17.5 Å². The van der Waals surface area contributed by atoms with Gasteiger partial charge in [0.25, 0.3) is 5.78 Å². The number of piperidine rings is 1. The summed E-state index contributed by atoms with van der Waals surface area (Å²) in [6.45, 7) is 3.11. The largest absolute Gasteiger partial charge is 0.356 e. The molecule has 4 rings (SSSR count). The van der Waals surface area contributed by atoms with E-state index >= 15 is 0 Å². The van der Waals surface area contributed by atoms with Crippen molar-refractivity contribution in [3.8, 4) is 0 Å². The molecule has 7 nitrogen and oxygen atoms in total. The van der Waals surface area contributed by atoms with Gasteiger partial charge in [0, 0.05) is 30.9 Å². The van der Waals surface area contributed by atoms with Gasteiger partial charge >= 0.3 is 0 Å². The van der Waals surface area contributed by atoms with Gasteiger partial charge in [0.15, 0.2) is 0 Å². The molecule has 1 saturated heterocycles. The van der Waals surface area contributed by atoms with E-state index in [1.165, 1.54) is 12.4 Å². The highest BCUT2D eigenvalue weighted by Crippen LogP contribution is 2.25. The molecule has 1 aliphatic heterocycles. The van der Waals surface area contributed by atoms with Gasteiger partial charge in [0.1, 0.15) is 23.8 Å². The van der Waals surface area contributed by atoms with Crippen molar-refractivity contribution in [3.63, 3.8) is 0 Å². The highest BCUT2D eigenvalue weighted by atomic mass is 19.1. The molecule has 1 aromatic carbocycles. The standard InChI is InChI=1S/C18H18F2N6O/c1-11-7-16(26-18(23-11)21-10-22-26)25-6-2-3-12(9-25)17(27)24-15-5-4-13(19)8-14(15)20/h4-5,7-8,10,12H,2-3,6,9H2,1H3,(H,24,27)/t12-/m1/s1. The average molecular weight is 372 g/mol. The maximum Gasteiger partial charge on any atom is 0.254 e. The van der Waals surface area contributed by atoms with Crippen LogP contribution in [0.15, 0.2) is 30.6 Å². The van der Waals surface area contributed by atoms with Crippen LogP contribution >= 0.6 is 0 Å². The maximum atomic E-state index is 13.8. The Hall–Kier alpha value is -3.10. The molecule has 140 valence electrons. The van der Waals surface area contributed by atoms with Crippen LogP contribution in [0.3, 0.4) is 0 Å². The van der Waals surface area contributed by atoms with Gasteiger partial charge in [-0.05, 0) is 31.9 Å². The quantitative estimate of drug-likeness (QED) is 0.765. The van der Waals surface area contributed by atoms with Crippen molar-refractivity contribution >= 4 is 23.2 Å². The number of hydrogen-bond donors (Lipinski definition) is 1. The molecule has 1 fully saturated rings. The number of carbonyl (C=O) groups is 1. The number of amides is 1. The fraction of sp³-hybridized carbons (Fsp3) is 0.333. The Morgan fingerprint density at radius 2 is 2.15 bits per heavy atom. The molecule has 0 spiro atoms. The van der Waals surface area contributed by atoms with Gasteiger partial charge in [0.2, 0.25) is 5.91 Å². The van der Waals surface area contributed by atoms with E-state index in [0.29, 0.717) is 18.7 Å². The van der Waals surface area contributed by atoms with Crippen LogP contribution in [0, 0.1) is 24.5 Å². The summed E-state index contributed by atoms with van der Waals surface area (Å²) in [6.07, 6.45) is 2.94. The summed E-state index contributed by atoms with van der Waals surface area (Å²) in [7, 11) is 0. The minimum Gasteiger partial charge on any atom is -0.356 e. The molecule has 1 atom stereocenters. The topological polar surface area (TPSA) is 75.4 Å². The Balaban J connectivity index is 1.53. The van der Waals surface area contributed by atoms with E-state index in [9.17, 15) is 13.6 Å². The molecule has 1 aliphatic rings. The Bertz CT molecular complexity index is 1000. The van der Waals surface area contributed by atoms with E-state index in [0.717, 1.165) is 36.6 Å². The first kappa shape index (κ1) is 17.3. The van der Waals surface area contributed by atoms with Crippen LogP contribution in [0.5, 0.6) is 0 Å². The van der Waals surface area contributed by atoms with Crippen molar-refractivity contribution in [2.45, 2.75) is 19.8 Å². The number of nitrogens with zero attached hydrogens (tertiary/aromatic N) is 5. The number of nitrogens with one attached hydrogen (secondary N) is 1. The number of benzene rings is 1. The Morgan fingerprint density at radius 3 is 2.96 bits per heavy atom. The Morgan fingerprint density at radius 1 is 1.30 bits per heavy atom. The molecule has 3 heterocycles. The van der Waals surface area contributed by atoms with Crippen molar-refractivity contribution < 1.29 is 13.6 Å². The van der Waals surface area contributed by atoms with E-state index in [1.807, 2.05) is 13.0 Å². The lowest BCUT2D eigenvalue weighted by Crippen LogP contribution is -2.41. The van der Waals surface area contributed by atoms with Gasteiger partial charge in [-0.3, -0.25) is 4.79 Å². The summed E-state index contributed by atoms with van der Waals surface area (Å²) in [5, 5.41) is 6.78. The highest BCUT2D eigenvalue weighted by Gasteiger charge is 2.28. The van der Waals surface area contributed by atoms with Gasteiger partial charge in [0.05, 0.1) is 11.6 Å². The van der Waals surface area contributed by atoms with Crippen molar-refractivity contribution in [1.29, 1.82) is 0 Å². The number of anilines is 2. The highest BCUT2D eigenvalue weighted by molar-refractivity contribution is 5.93. The van der Waals surface area contributed by atoms with Crippen molar-refractivity contribution in [2.75, 3.05) is 23.3 Å². The second kappa shape index (κ2) is 6.90. The van der Waals surface area contributed by atoms with E-state index in [1.54, 1.807) is 4.52 Å². The SMILES string of the molecule is Cc1cc(N2CCC[C@@H](C(=O)Nc3ccc(F)cc3F)C2)n2ncnc2n1. The first-order valence-electron chi connectivity index (χ1n) is 8.69. The first-order valence-corrected chi connectivity index (χ1v) is 8.69. The Labute approximate surface area is 154 Å². The smallest absolute Gasteiger partial charge is 0.254 e. The second-order valence-electron chi connectivity index (χ2n) is 6.63. The summed E-state index contributed by atoms with van der Waals surface area (Å²) in [6, 6.07) is 5.01. The summed E-state index contributed by atoms with van der Waals surface area (Å²) in [4.78, 5) is 23.1. The predicted molar refractivity (Wildman–Crippen MR) is 95.4 cm³/mol. The average Bonchev–Trinajstić information content (AvgIpc) is 3.11. The second-order valence-corrected chi connectivity index (χ2v) is 6.63. The summed E-state index contributed by atoms with van der Waals surface area (Å²) < 4.78 is 28.5. The molecular weight excluding hydrogens is 354 g/mol.